The van der Waals surface area contributed by atoms with E-state index >= 15 is 0 Å². The molecule has 2 bridgehead atoms. The first kappa shape index (κ1) is 41.0. The Morgan fingerprint density at radius 2 is 1.83 bits per heavy atom. The number of fused-ring (bicyclic) bond motifs is 2. The lowest BCUT2D eigenvalue weighted by Gasteiger charge is -2.62. The number of amides is 2. The van der Waals surface area contributed by atoms with Crippen LogP contribution in [0.25, 0.3) is 11.1 Å². The van der Waals surface area contributed by atoms with Gasteiger partial charge in [-0.25, -0.2) is 0 Å². The van der Waals surface area contributed by atoms with Gasteiger partial charge in [0.05, 0.1) is 39.0 Å². The number of nitrogens with one attached hydrogen (secondary N) is 2. The summed E-state index contributed by atoms with van der Waals surface area (Å²) in [6.07, 6.45) is 1.28. The highest BCUT2D eigenvalue weighted by Crippen LogP contribution is 2.61. The second-order valence-corrected chi connectivity index (χ2v) is 17.8. The third kappa shape index (κ3) is 8.70. The number of para-hydroxylation sites is 1. The predicted molar refractivity (Wildman–Crippen MR) is 206 cm³/mol. The molecule has 4 N–H and O–H groups in total. The van der Waals surface area contributed by atoms with E-state index in [4.69, 9.17) is 14.3 Å². The Balaban J connectivity index is 1.43. The van der Waals surface area contributed by atoms with Crippen molar-refractivity contribution in [1.29, 1.82) is 0 Å². The van der Waals surface area contributed by atoms with E-state index in [0.717, 1.165) is 29.5 Å². The van der Waals surface area contributed by atoms with E-state index in [1.54, 1.807) is 32.3 Å². The molecule has 11 heteroatoms. The van der Waals surface area contributed by atoms with Crippen LogP contribution in [0.2, 0.25) is 0 Å². The van der Waals surface area contributed by atoms with Gasteiger partial charge in [0.25, 0.3) is 5.91 Å². The zero-order valence-corrected chi connectivity index (χ0v) is 33.7. The number of ether oxygens (including phenoxy) is 2. The minimum atomic E-state index is -0.901. The van der Waals surface area contributed by atoms with Gasteiger partial charge in [-0.1, -0.05) is 65.8 Å². The average molecular weight is 737 g/mol. The van der Waals surface area contributed by atoms with Gasteiger partial charge >= 0.3 is 0 Å². The summed E-state index contributed by atoms with van der Waals surface area (Å²) in [5.74, 6) is 1.42. The first-order valence-corrected chi connectivity index (χ1v) is 19.2. The van der Waals surface area contributed by atoms with Crippen LogP contribution in [0.3, 0.4) is 0 Å². The fourth-order valence-corrected chi connectivity index (χ4v) is 9.49. The molecule has 9 atom stereocenters. The molecule has 0 radical (unpaired) electrons. The lowest BCUT2D eigenvalue weighted by atomic mass is 9.45. The van der Waals surface area contributed by atoms with Gasteiger partial charge in [0.2, 0.25) is 5.91 Å². The first-order chi connectivity index (χ1) is 24.9. The van der Waals surface area contributed by atoms with Gasteiger partial charge in [0, 0.05) is 35.7 Å². The Morgan fingerprint density at radius 3 is 2.40 bits per heavy atom. The summed E-state index contributed by atoms with van der Waals surface area (Å²) in [6, 6.07) is 10.4. The van der Waals surface area contributed by atoms with Crippen LogP contribution in [0.5, 0.6) is 11.5 Å². The molecular formula is C42H64N4O7. The quantitative estimate of drug-likeness (QED) is 0.209. The molecule has 3 saturated carbocycles. The molecule has 2 aromatic carbocycles. The third-order valence-corrected chi connectivity index (χ3v) is 12.2. The summed E-state index contributed by atoms with van der Waals surface area (Å²) >= 11 is 0. The molecule has 3 aliphatic carbocycles. The fraction of sp³-hybridized carbons (Fsp3) is 0.667. The van der Waals surface area contributed by atoms with Crippen LogP contribution in [0.15, 0.2) is 36.4 Å². The highest BCUT2D eigenvalue weighted by Gasteiger charge is 2.57. The number of aliphatic hydroxyl groups excluding tert-OH is 2. The van der Waals surface area contributed by atoms with Gasteiger partial charge in [-0.3, -0.25) is 14.4 Å². The highest BCUT2D eigenvalue weighted by atomic mass is 16.7. The van der Waals surface area contributed by atoms with Crippen molar-refractivity contribution in [3.05, 3.63) is 47.5 Å². The van der Waals surface area contributed by atoms with Crippen LogP contribution in [-0.2, 0) is 16.2 Å². The zero-order chi connectivity index (χ0) is 39.0. The second-order valence-electron chi connectivity index (χ2n) is 17.8. The Hall–Kier alpha value is -3.22. The topological polar surface area (TPSA) is 133 Å². The number of rotatable bonds is 14. The van der Waals surface area contributed by atoms with Crippen molar-refractivity contribution >= 4 is 11.8 Å². The molecule has 294 valence electrons. The summed E-state index contributed by atoms with van der Waals surface area (Å²) < 4.78 is 11.7. The summed E-state index contributed by atoms with van der Waals surface area (Å²) in [7, 11) is 7.15. The first-order valence-electron chi connectivity index (χ1n) is 19.2. The number of aliphatic hydroxyl groups is 2. The Labute approximate surface area is 316 Å². The lowest BCUT2D eigenvalue weighted by molar-refractivity contribution is -0.183. The van der Waals surface area contributed by atoms with Crippen LogP contribution in [0.1, 0.15) is 83.7 Å². The summed E-state index contributed by atoms with van der Waals surface area (Å²) in [4.78, 5) is 36.4. The Morgan fingerprint density at radius 1 is 1.11 bits per heavy atom. The minimum Gasteiger partial charge on any atom is -0.496 e. The van der Waals surface area contributed by atoms with E-state index in [0.29, 0.717) is 41.4 Å². The molecule has 2 aromatic rings. The molecule has 0 spiro atoms. The van der Waals surface area contributed by atoms with Crippen LogP contribution in [0, 0.1) is 34.5 Å². The van der Waals surface area contributed by atoms with Crippen molar-refractivity contribution in [3.8, 4) is 22.6 Å². The van der Waals surface area contributed by atoms with Crippen molar-refractivity contribution in [2.24, 2.45) is 34.5 Å². The SMILES string of the molecule is COc1ccc(-c2cccc(CN3O[C@@H](CO)[C@H]([C@H](C)O)[C@H]3C(=O)N[C@H]3C[C@H]4C[C@@H]([C@@H]3C)C4(C)C)c2OC)cc1C(=O)N[C@H](CN(C)C)CC(C)(C)C. The molecule has 1 saturated heterocycles. The maximum absolute atomic E-state index is 14.2. The Kier molecular flexibility index (Phi) is 12.6. The van der Waals surface area contributed by atoms with Crippen molar-refractivity contribution < 1.29 is 34.1 Å². The van der Waals surface area contributed by atoms with E-state index in [2.05, 4.69) is 57.1 Å². The monoisotopic (exact) mass is 736 g/mol. The van der Waals surface area contributed by atoms with E-state index in [9.17, 15) is 19.8 Å². The number of carbonyl (C=O) groups is 2. The smallest absolute Gasteiger partial charge is 0.255 e. The van der Waals surface area contributed by atoms with E-state index in [1.807, 2.05) is 44.4 Å². The molecule has 0 unspecified atom stereocenters. The van der Waals surface area contributed by atoms with E-state index in [1.165, 1.54) is 6.42 Å². The normalized spacial score (nSPS) is 27.8. The summed E-state index contributed by atoms with van der Waals surface area (Å²) in [6.45, 7) is 15.6. The van der Waals surface area contributed by atoms with Gasteiger partial charge in [0.1, 0.15) is 23.6 Å². The van der Waals surface area contributed by atoms with Gasteiger partial charge in [-0.05, 0) is 86.6 Å². The standard InChI is InChI=1S/C42H64N4O7/c1-24-32-18-28(42(32,6)7)19-33(24)44-40(50)37-36(25(2)48)35(23-47)53-46(37)21-27-13-12-14-30(38(27)52-11)26-15-16-34(51-10)31(17-26)39(49)43-29(22-45(8)9)20-41(3,4)5/h12-17,24-25,28-29,32-33,35-37,47-48H,18-23H2,1-11H3,(H,43,49)(H,44,50)/t24-,25-,28+,29-,32-,33-,35-,36-,37-/m0/s1. The van der Waals surface area contributed by atoms with Crippen molar-refractivity contribution in [3.63, 3.8) is 0 Å². The fourth-order valence-electron chi connectivity index (χ4n) is 9.49. The molecule has 6 rings (SSSR count). The molecule has 4 aliphatic rings. The lowest BCUT2D eigenvalue weighted by Crippen LogP contribution is -2.62. The van der Waals surface area contributed by atoms with E-state index in [-0.39, 0.29) is 47.9 Å². The predicted octanol–water partition coefficient (Wildman–Crippen LogP) is 5.13. The van der Waals surface area contributed by atoms with Crippen LogP contribution < -0.4 is 20.1 Å². The highest BCUT2D eigenvalue weighted by molar-refractivity contribution is 5.98. The Bertz CT molecular complexity index is 1600. The number of carbonyl (C=O) groups excluding carboxylic acids is 2. The van der Waals surface area contributed by atoms with Crippen LogP contribution >= 0.6 is 0 Å². The molecular weight excluding hydrogens is 672 g/mol. The number of hydrogen-bond acceptors (Lipinski definition) is 9. The van der Waals surface area contributed by atoms with Crippen LogP contribution in [-0.4, -0.2) is 104 Å². The molecule has 2 amide bonds. The summed E-state index contributed by atoms with van der Waals surface area (Å²) in [5, 5.41) is 29.4. The minimum absolute atomic E-state index is 0.0185. The number of hydroxylamine groups is 2. The van der Waals surface area contributed by atoms with Gasteiger partial charge in [-0.2, -0.15) is 5.06 Å². The summed E-state index contributed by atoms with van der Waals surface area (Å²) in [5.41, 5.74) is 2.98. The third-order valence-electron chi connectivity index (χ3n) is 12.2. The molecule has 1 aliphatic heterocycles. The largest absolute Gasteiger partial charge is 0.496 e. The number of methoxy groups -OCH3 is 2. The second kappa shape index (κ2) is 16.3. The van der Waals surface area contributed by atoms with Gasteiger partial charge < -0.3 is 35.2 Å². The number of benzene rings is 2. The molecule has 11 nitrogen and oxygen atoms in total. The van der Waals surface area contributed by atoms with Crippen molar-refractivity contribution in [2.45, 2.75) is 105 Å². The molecule has 0 aromatic heterocycles. The number of likely N-dealkylation sites (N-methyl/N-ethyl adjacent to an activating group) is 1. The molecule has 53 heavy (non-hydrogen) atoms. The number of nitrogens with zero attached hydrogens (tertiary/aromatic N) is 2. The van der Waals surface area contributed by atoms with Crippen LogP contribution in [0.4, 0.5) is 0 Å². The molecule has 1 heterocycles. The zero-order valence-electron chi connectivity index (χ0n) is 33.7. The number of hydrogen-bond donors (Lipinski definition) is 4. The molecule has 4 fully saturated rings. The van der Waals surface area contributed by atoms with E-state index < -0.39 is 24.2 Å². The maximum atomic E-state index is 14.2. The van der Waals surface area contributed by atoms with Crippen molar-refractivity contribution in [2.75, 3.05) is 41.5 Å². The van der Waals surface area contributed by atoms with Crippen molar-refractivity contribution in [1.82, 2.24) is 20.6 Å². The maximum Gasteiger partial charge on any atom is 0.255 e. The average Bonchev–Trinajstić information content (AvgIpc) is 3.46. The van der Waals surface area contributed by atoms with Gasteiger partial charge in [-0.15, -0.1) is 0 Å². The van der Waals surface area contributed by atoms with Gasteiger partial charge in [0.15, 0.2) is 0 Å².